The number of hydrogen-bond donors (Lipinski definition) is 2. The summed E-state index contributed by atoms with van der Waals surface area (Å²) in [6.45, 7) is 6.90. The number of amides is 1. The average molecular weight is 276 g/mol. The molecule has 1 rings (SSSR count). The SMILES string of the molecule is Cc1sc(C(N)=O)cc1S(=O)(=O)NC(C)(C)C. The predicted octanol–water partition coefficient (Wildman–Crippen LogP) is 1.23. The molecule has 1 heterocycles. The van der Waals surface area contributed by atoms with Crippen molar-refractivity contribution in [2.45, 2.75) is 38.1 Å². The van der Waals surface area contributed by atoms with Gasteiger partial charge in [0.25, 0.3) is 5.91 Å². The van der Waals surface area contributed by atoms with E-state index >= 15 is 0 Å². The molecule has 0 aliphatic rings. The zero-order chi connectivity index (χ0) is 13.4. The van der Waals surface area contributed by atoms with Gasteiger partial charge in [-0.2, -0.15) is 0 Å². The van der Waals surface area contributed by atoms with Crippen LogP contribution >= 0.6 is 11.3 Å². The normalized spacial score (nSPS) is 12.7. The van der Waals surface area contributed by atoms with Crippen LogP contribution in [0.3, 0.4) is 0 Å². The molecule has 0 saturated carbocycles. The first-order valence-corrected chi connectivity index (χ1v) is 7.27. The molecule has 5 nitrogen and oxygen atoms in total. The Morgan fingerprint density at radius 3 is 2.29 bits per heavy atom. The average Bonchev–Trinajstić information content (AvgIpc) is 2.43. The quantitative estimate of drug-likeness (QED) is 0.870. The summed E-state index contributed by atoms with van der Waals surface area (Å²) >= 11 is 1.08. The molecule has 0 aliphatic heterocycles. The van der Waals surface area contributed by atoms with E-state index in [2.05, 4.69) is 4.72 Å². The van der Waals surface area contributed by atoms with Crippen molar-refractivity contribution in [3.05, 3.63) is 15.8 Å². The maximum atomic E-state index is 12.0. The highest BCUT2D eigenvalue weighted by Gasteiger charge is 2.26. The Morgan fingerprint density at radius 1 is 1.41 bits per heavy atom. The van der Waals surface area contributed by atoms with Gasteiger partial charge >= 0.3 is 0 Å². The Bertz CT molecular complexity index is 538. The summed E-state index contributed by atoms with van der Waals surface area (Å²) < 4.78 is 26.6. The maximum Gasteiger partial charge on any atom is 0.258 e. The number of carbonyl (C=O) groups is 1. The van der Waals surface area contributed by atoms with Crippen molar-refractivity contribution < 1.29 is 13.2 Å². The fourth-order valence-electron chi connectivity index (χ4n) is 1.31. The third-order valence-electron chi connectivity index (χ3n) is 1.85. The number of hydrogen-bond acceptors (Lipinski definition) is 4. The Labute approximate surface area is 105 Å². The van der Waals surface area contributed by atoms with Gasteiger partial charge in [-0.15, -0.1) is 11.3 Å². The molecule has 0 radical (unpaired) electrons. The molecule has 7 heteroatoms. The van der Waals surface area contributed by atoms with Crippen LogP contribution in [-0.4, -0.2) is 19.9 Å². The van der Waals surface area contributed by atoms with Gasteiger partial charge in [0.05, 0.1) is 9.77 Å². The van der Waals surface area contributed by atoms with Crippen LogP contribution < -0.4 is 10.5 Å². The van der Waals surface area contributed by atoms with E-state index in [-0.39, 0.29) is 9.77 Å². The lowest BCUT2D eigenvalue weighted by molar-refractivity contribution is 0.100. The second-order valence-corrected chi connectivity index (χ2v) is 7.66. The number of nitrogens with two attached hydrogens (primary N) is 1. The van der Waals surface area contributed by atoms with Crippen molar-refractivity contribution >= 4 is 27.3 Å². The minimum atomic E-state index is -3.61. The summed E-state index contributed by atoms with van der Waals surface area (Å²) in [5.41, 5.74) is 4.55. The van der Waals surface area contributed by atoms with Gasteiger partial charge in [-0.25, -0.2) is 13.1 Å². The number of rotatable bonds is 3. The van der Waals surface area contributed by atoms with Crippen LogP contribution in [0.1, 0.15) is 35.3 Å². The Hall–Kier alpha value is -0.920. The van der Waals surface area contributed by atoms with Gasteiger partial charge in [0.2, 0.25) is 10.0 Å². The van der Waals surface area contributed by atoms with Gasteiger partial charge in [-0.1, -0.05) is 0 Å². The molecule has 0 aliphatic carbocycles. The van der Waals surface area contributed by atoms with Gasteiger partial charge in [0.15, 0.2) is 0 Å². The highest BCUT2D eigenvalue weighted by Crippen LogP contribution is 2.26. The van der Waals surface area contributed by atoms with Crippen molar-refractivity contribution in [3.63, 3.8) is 0 Å². The molecule has 0 atom stereocenters. The van der Waals surface area contributed by atoms with Gasteiger partial charge < -0.3 is 5.73 Å². The highest BCUT2D eigenvalue weighted by molar-refractivity contribution is 7.89. The first kappa shape index (κ1) is 14.1. The molecule has 0 spiro atoms. The Morgan fingerprint density at radius 2 is 1.94 bits per heavy atom. The van der Waals surface area contributed by atoms with Gasteiger partial charge in [-0.3, -0.25) is 4.79 Å². The maximum absolute atomic E-state index is 12.0. The van der Waals surface area contributed by atoms with E-state index in [0.717, 1.165) is 11.3 Å². The standard InChI is InChI=1S/C10H16N2O3S2/c1-6-8(5-7(16-6)9(11)13)17(14,15)12-10(2,3)4/h5,12H,1-4H3,(H2,11,13). The van der Waals surface area contributed by atoms with E-state index in [1.54, 1.807) is 27.7 Å². The van der Waals surface area contributed by atoms with E-state index in [0.29, 0.717) is 4.88 Å². The molecule has 17 heavy (non-hydrogen) atoms. The predicted molar refractivity (Wildman–Crippen MR) is 67.6 cm³/mol. The lowest BCUT2D eigenvalue weighted by atomic mass is 10.1. The van der Waals surface area contributed by atoms with Crippen LogP contribution in [0.5, 0.6) is 0 Å². The molecule has 3 N–H and O–H groups in total. The number of sulfonamides is 1. The smallest absolute Gasteiger partial charge is 0.258 e. The van der Waals surface area contributed by atoms with Crippen molar-refractivity contribution in [1.82, 2.24) is 4.72 Å². The van der Waals surface area contributed by atoms with Gasteiger partial charge in [0, 0.05) is 10.4 Å². The molecule has 1 aromatic rings. The number of nitrogens with one attached hydrogen (secondary N) is 1. The molecule has 96 valence electrons. The summed E-state index contributed by atoms with van der Waals surface area (Å²) in [7, 11) is -3.61. The lowest BCUT2D eigenvalue weighted by Crippen LogP contribution is -2.40. The Balaban J connectivity index is 3.21. The molecule has 0 aromatic carbocycles. The van der Waals surface area contributed by atoms with Crippen LogP contribution in [0, 0.1) is 6.92 Å². The molecule has 0 bridgehead atoms. The van der Waals surface area contributed by atoms with E-state index < -0.39 is 21.5 Å². The molecule has 1 amide bonds. The second-order valence-electron chi connectivity index (χ2n) is 4.75. The fourth-order valence-corrected chi connectivity index (χ4v) is 4.17. The van der Waals surface area contributed by atoms with Gasteiger partial charge in [0.1, 0.15) is 0 Å². The first-order valence-electron chi connectivity index (χ1n) is 4.97. The third-order valence-corrected chi connectivity index (χ3v) is 4.92. The van der Waals surface area contributed by atoms with Crippen LogP contribution in [0.25, 0.3) is 0 Å². The van der Waals surface area contributed by atoms with Crippen LogP contribution in [0.2, 0.25) is 0 Å². The van der Waals surface area contributed by atoms with Crippen LogP contribution in [0.4, 0.5) is 0 Å². The van der Waals surface area contributed by atoms with Crippen LogP contribution in [-0.2, 0) is 10.0 Å². The largest absolute Gasteiger partial charge is 0.365 e. The van der Waals surface area contributed by atoms with E-state index in [1.807, 2.05) is 0 Å². The molecular weight excluding hydrogens is 260 g/mol. The molecule has 0 fully saturated rings. The number of primary amides is 1. The molecule has 1 aromatic heterocycles. The zero-order valence-electron chi connectivity index (χ0n) is 10.2. The fraction of sp³-hybridized carbons (Fsp3) is 0.500. The van der Waals surface area contributed by atoms with E-state index in [4.69, 9.17) is 5.73 Å². The van der Waals surface area contributed by atoms with Crippen molar-refractivity contribution in [2.75, 3.05) is 0 Å². The van der Waals surface area contributed by atoms with Crippen molar-refractivity contribution in [1.29, 1.82) is 0 Å². The summed E-state index contributed by atoms with van der Waals surface area (Å²) in [6, 6.07) is 1.32. The Kier molecular flexibility index (Phi) is 3.66. The third kappa shape index (κ3) is 3.52. The minimum absolute atomic E-state index is 0.117. The first-order chi connectivity index (χ1) is 7.53. The minimum Gasteiger partial charge on any atom is -0.365 e. The van der Waals surface area contributed by atoms with Crippen molar-refractivity contribution in [2.24, 2.45) is 5.73 Å². The number of carbonyl (C=O) groups excluding carboxylic acids is 1. The monoisotopic (exact) mass is 276 g/mol. The molecule has 0 saturated heterocycles. The van der Waals surface area contributed by atoms with Crippen LogP contribution in [0.15, 0.2) is 11.0 Å². The van der Waals surface area contributed by atoms with E-state index in [1.165, 1.54) is 6.07 Å². The molecular formula is C10H16N2O3S2. The summed E-state index contributed by atoms with van der Waals surface area (Å²) in [5.74, 6) is -0.615. The number of aryl methyl sites for hydroxylation is 1. The topological polar surface area (TPSA) is 89.3 Å². The summed E-state index contributed by atoms with van der Waals surface area (Å²) in [6.07, 6.45) is 0. The second kappa shape index (κ2) is 4.40. The van der Waals surface area contributed by atoms with E-state index in [9.17, 15) is 13.2 Å². The summed E-state index contributed by atoms with van der Waals surface area (Å²) in [4.78, 5) is 11.9. The zero-order valence-corrected chi connectivity index (χ0v) is 11.8. The number of thiophene rings is 1. The summed E-state index contributed by atoms with van der Waals surface area (Å²) in [5, 5.41) is 0. The highest BCUT2D eigenvalue weighted by atomic mass is 32.2. The lowest BCUT2D eigenvalue weighted by Gasteiger charge is -2.20. The van der Waals surface area contributed by atoms with Gasteiger partial charge in [-0.05, 0) is 33.8 Å². The molecule has 0 unspecified atom stereocenters. The van der Waals surface area contributed by atoms with Crippen molar-refractivity contribution in [3.8, 4) is 0 Å².